The van der Waals surface area contributed by atoms with Crippen molar-refractivity contribution in [3.63, 3.8) is 0 Å². The van der Waals surface area contributed by atoms with Gasteiger partial charge < -0.3 is 33.8 Å². The molecule has 0 heterocycles. The van der Waals surface area contributed by atoms with Gasteiger partial charge in [-0.15, -0.1) is 0 Å². The van der Waals surface area contributed by atoms with Crippen molar-refractivity contribution in [3.8, 4) is 0 Å². The Morgan fingerprint density at radius 1 is 0.275 bits per heavy atom. The minimum Gasteiger partial charge on any atom is -0.462 e. The lowest BCUT2D eigenvalue weighted by molar-refractivity contribution is -0.161. The van der Waals surface area contributed by atoms with Crippen molar-refractivity contribution in [1.82, 2.24) is 0 Å². The van der Waals surface area contributed by atoms with Gasteiger partial charge in [-0.25, -0.2) is 9.13 Å². The molecule has 0 rings (SSSR count). The first kappa shape index (κ1) is 98.0. The standard InChI is InChI=1S/C83H146O17P2/c1-5-9-13-17-21-25-29-33-36-37-38-39-42-45-48-52-56-60-64-68-81(86)94-74-79(100-83(88)70-66-62-58-54-50-46-41-35-31-27-23-19-15-11-7-3)76-98-102(91,92)96-72-77(84)71-95-101(89,90)97-75-78(99-82(87)69-65-61-57-53-49-43-32-28-24-20-16-12-8-4)73-93-80(85)67-63-59-55-51-47-44-40-34-30-26-22-18-14-10-6-2/h21,25,27-28,31-34,36,38-40,45,48,56,60,77-79,84H,5-20,22-24,26,29-30,35,37,41-44,46-47,49-55,57-59,61-76H2,1-4H3,(H,89,90)(H,91,92)/b25-21-,31-27-,32-28-,36-33-,39-38-,40-34-,48-45-,60-56-/t77-,78+,79+/m0/s1. The second kappa shape index (κ2) is 75.2. The number of esters is 4. The fourth-order valence-corrected chi connectivity index (χ4v) is 12.4. The third kappa shape index (κ3) is 74.3. The molecular formula is C83H146O17P2. The predicted octanol–water partition coefficient (Wildman–Crippen LogP) is 23.6. The smallest absolute Gasteiger partial charge is 0.462 e. The van der Waals surface area contributed by atoms with E-state index < -0.39 is 97.5 Å². The van der Waals surface area contributed by atoms with Crippen LogP contribution in [-0.2, 0) is 65.4 Å². The van der Waals surface area contributed by atoms with Gasteiger partial charge in [0.1, 0.15) is 19.3 Å². The molecule has 2 unspecified atom stereocenters. The number of aliphatic hydroxyl groups is 1. The van der Waals surface area contributed by atoms with E-state index >= 15 is 0 Å². The van der Waals surface area contributed by atoms with E-state index in [1.54, 1.807) is 0 Å². The SMILES string of the molecule is CCCCC/C=C\C/C=C\C/C=C\C/C=C\C/C=C\CCC(=O)OC[C@H](COP(=O)(O)OC[C@@H](O)COP(=O)(O)OC[C@@H](COC(=O)CCCCCCC/C=C\CCCCCCCC)OC(=O)CCCCCCC/C=C\CCCCCC)OC(=O)CCCCCCCCC/C=C\CCCCCC. The van der Waals surface area contributed by atoms with Crippen LogP contribution in [0.15, 0.2) is 97.2 Å². The van der Waals surface area contributed by atoms with Crippen LogP contribution in [-0.4, -0.2) is 96.7 Å². The molecule has 0 spiro atoms. The lowest BCUT2D eigenvalue weighted by Crippen LogP contribution is -2.30. The van der Waals surface area contributed by atoms with E-state index in [0.717, 1.165) is 154 Å². The van der Waals surface area contributed by atoms with Gasteiger partial charge in [0.2, 0.25) is 0 Å². The molecule has 19 heteroatoms. The van der Waals surface area contributed by atoms with Gasteiger partial charge in [0, 0.05) is 25.7 Å². The van der Waals surface area contributed by atoms with E-state index in [0.29, 0.717) is 32.1 Å². The van der Waals surface area contributed by atoms with Gasteiger partial charge in [0.15, 0.2) is 12.2 Å². The highest BCUT2D eigenvalue weighted by Crippen LogP contribution is 2.45. The van der Waals surface area contributed by atoms with Crippen LogP contribution >= 0.6 is 15.6 Å². The quantitative estimate of drug-likeness (QED) is 0.0169. The number of hydrogen-bond donors (Lipinski definition) is 3. The fraction of sp³-hybridized carbons (Fsp3) is 0.759. The zero-order valence-corrected chi connectivity index (χ0v) is 66.3. The molecule has 0 aromatic carbocycles. The van der Waals surface area contributed by atoms with Gasteiger partial charge in [-0.2, -0.15) is 0 Å². The van der Waals surface area contributed by atoms with Crippen molar-refractivity contribution in [3.05, 3.63) is 97.2 Å². The van der Waals surface area contributed by atoms with Crippen LogP contribution in [0.3, 0.4) is 0 Å². The van der Waals surface area contributed by atoms with E-state index in [1.807, 2.05) is 12.2 Å². The van der Waals surface area contributed by atoms with Crippen LogP contribution in [0.4, 0.5) is 0 Å². The summed E-state index contributed by atoms with van der Waals surface area (Å²) in [6.45, 7) is 4.75. The Morgan fingerprint density at radius 2 is 0.500 bits per heavy atom. The Hall–Kier alpha value is -4.02. The van der Waals surface area contributed by atoms with E-state index in [4.69, 9.17) is 37.0 Å². The van der Waals surface area contributed by atoms with Crippen molar-refractivity contribution in [2.45, 2.75) is 367 Å². The number of unbranched alkanes of at least 4 members (excludes halogenated alkanes) is 34. The molecule has 0 saturated carbocycles. The normalized spacial score (nSPS) is 14.4. The molecule has 17 nitrogen and oxygen atoms in total. The third-order valence-electron chi connectivity index (χ3n) is 17.0. The molecule has 5 atom stereocenters. The number of hydrogen-bond acceptors (Lipinski definition) is 15. The number of ether oxygens (including phenoxy) is 4. The number of aliphatic hydroxyl groups excluding tert-OH is 1. The summed E-state index contributed by atoms with van der Waals surface area (Å²) in [4.78, 5) is 73.0. The monoisotopic (exact) mass is 1480 g/mol. The van der Waals surface area contributed by atoms with Gasteiger partial charge in [0.25, 0.3) is 0 Å². The highest BCUT2D eigenvalue weighted by atomic mass is 31.2. The number of carbonyl (C=O) groups is 4. The third-order valence-corrected chi connectivity index (χ3v) is 18.9. The zero-order valence-electron chi connectivity index (χ0n) is 64.5. The molecule has 590 valence electrons. The minimum absolute atomic E-state index is 0.0376. The summed E-state index contributed by atoms with van der Waals surface area (Å²) < 4.78 is 68.5. The maximum atomic E-state index is 13.1. The second-order valence-electron chi connectivity index (χ2n) is 27.0. The lowest BCUT2D eigenvalue weighted by Gasteiger charge is -2.21. The van der Waals surface area contributed by atoms with E-state index in [2.05, 4.69) is 113 Å². The highest BCUT2D eigenvalue weighted by molar-refractivity contribution is 7.47. The maximum Gasteiger partial charge on any atom is 0.472 e. The van der Waals surface area contributed by atoms with Gasteiger partial charge in [-0.3, -0.25) is 37.3 Å². The molecule has 102 heavy (non-hydrogen) atoms. The van der Waals surface area contributed by atoms with Crippen molar-refractivity contribution < 1.29 is 80.2 Å². The van der Waals surface area contributed by atoms with Crippen LogP contribution in [0, 0.1) is 0 Å². The molecule has 0 aliphatic rings. The van der Waals surface area contributed by atoms with Crippen LogP contribution in [0.1, 0.15) is 349 Å². The fourth-order valence-electron chi connectivity index (χ4n) is 10.8. The largest absolute Gasteiger partial charge is 0.472 e. The van der Waals surface area contributed by atoms with Crippen molar-refractivity contribution >= 4 is 39.5 Å². The zero-order chi connectivity index (χ0) is 74.6. The summed E-state index contributed by atoms with van der Waals surface area (Å²) in [7, 11) is -9.97. The summed E-state index contributed by atoms with van der Waals surface area (Å²) in [5.41, 5.74) is 0. The number of carbonyl (C=O) groups excluding carboxylic acids is 4. The molecule has 0 aliphatic heterocycles. The number of phosphoric ester groups is 2. The van der Waals surface area contributed by atoms with Gasteiger partial charge in [-0.1, -0.05) is 279 Å². The molecule has 0 aromatic rings. The second-order valence-corrected chi connectivity index (χ2v) is 29.9. The van der Waals surface area contributed by atoms with Crippen LogP contribution in [0.25, 0.3) is 0 Å². The molecular weight excluding hydrogens is 1330 g/mol. The van der Waals surface area contributed by atoms with E-state index in [1.165, 1.54) is 109 Å². The summed E-state index contributed by atoms with van der Waals surface area (Å²) >= 11 is 0. The predicted molar refractivity (Wildman–Crippen MR) is 418 cm³/mol. The Labute approximate surface area is 620 Å². The number of allylic oxidation sites excluding steroid dienone is 16. The van der Waals surface area contributed by atoms with E-state index in [-0.39, 0.29) is 25.7 Å². The van der Waals surface area contributed by atoms with Gasteiger partial charge >= 0.3 is 39.5 Å². The summed E-state index contributed by atoms with van der Waals surface area (Å²) in [6.07, 6.45) is 79.7. The first-order chi connectivity index (χ1) is 49.7. The summed E-state index contributed by atoms with van der Waals surface area (Å²) in [6, 6.07) is 0. The maximum absolute atomic E-state index is 13.1. The van der Waals surface area contributed by atoms with Crippen molar-refractivity contribution in [2.24, 2.45) is 0 Å². The average molecular weight is 1480 g/mol. The Bertz CT molecular complexity index is 2310. The van der Waals surface area contributed by atoms with E-state index in [9.17, 15) is 43.2 Å². The van der Waals surface area contributed by atoms with Crippen LogP contribution in [0.5, 0.6) is 0 Å². The van der Waals surface area contributed by atoms with Crippen molar-refractivity contribution in [2.75, 3.05) is 39.6 Å². The number of rotatable bonds is 76. The molecule has 0 fully saturated rings. The molecule has 0 aliphatic carbocycles. The van der Waals surface area contributed by atoms with Crippen LogP contribution < -0.4 is 0 Å². The molecule has 0 amide bonds. The highest BCUT2D eigenvalue weighted by Gasteiger charge is 2.30. The molecule has 0 aromatic heterocycles. The summed E-state index contributed by atoms with van der Waals surface area (Å²) in [5, 5.41) is 10.6. The molecule has 0 bridgehead atoms. The molecule has 0 saturated heterocycles. The van der Waals surface area contributed by atoms with Gasteiger partial charge in [0.05, 0.1) is 26.4 Å². The average Bonchev–Trinajstić information content (AvgIpc) is 0.924. The Balaban J connectivity index is 5.41. The Morgan fingerprint density at radius 3 is 0.833 bits per heavy atom. The minimum atomic E-state index is -4.99. The Kier molecular flexibility index (Phi) is 72.3. The molecule has 3 N–H and O–H groups in total. The number of phosphoric acid groups is 2. The van der Waals surface area contributed by atoms with Gasteiger partial charge in [-0.05, 0) is 141 Å². The van der Waals surface area contributed by atoms with Crippen molar-refractivity contribution in [1.29, 1.82) is 0 Å². The van der Waals surface area contributed by atoms with Crippen LogP contribution in [0.2, 0.25) is 0 Å². The first-order valence-electron chi connectivity index (χ1n) is 40.5. The molecule has 0 radical (unpaired) electrons. The lowest BCUT2D eigenvalue weighted by atomic mass is 10.1. The topological polar surface area (TPSA) is 237 Å². The first-order valence-corrected chi connectivity index (χ1v) is 43.5. The summed E-state index contributed by atoms with van der Waals surface area (Å²) in [5.74, 6) is -2.28.